The lowest BCUT2D eigenvalue weighted by Crippen LogP contribution is -2.34. The van der Waals surface area contributed by atoms with Crippen LogP contribution < -0.4 is 9.64 Å². The number of imidazole rings is 1. The summed E-state index contributed by atoms with van der Waals surface area (Å²) in [6, 6.07) is 3.75. The van der Waals surface area contributed by atoms with Gasteiger partial charge in [-0.25, -0.2) is 19.9 Å². The van der Waals surface area contributed by atoms with Gasteiger partial charge in [-0.3, -0.25) is 9.69 Å². The van der Waals surface area contributed by atoms with E-state index in [1.165, 1.54) is 7.11 Å². The fraction of sp³-hybridized carbons (Fsp3) is 0.458. The van der Waals surface area contributed by atoms with Crippen LogP contribution in [0.25, 0.3) is 0 Å². The molecule has 0 aromatic carbocycles. The molecule has 0 radical (unpaired) electrons. The molecule has 2 aliphatic heterocycles. The Bertz CT molecular complexity index is 1160. The van der Waals surface area contributed by atoms with E-state index in [2.05, 4.69) is 34.3 Å². The fourth-order valence-corrected chi connectivity index (χ4v) is 4.82. The molecule has 0 saturated carbocycles. The van der Waals surface area contributed by atoms with Crippen molar-refractivity contribution in [3.63, 3.8) is 0 Å². The first-order chi connectivity index (χ1) is 17.1. The van der Waals surface area contributed by atoms with E-state index in [4.69, 9.17) is 21.1 Å². The average Bonchev–Trinajstić information content (AvgIpc) is 3.33. The number of hydrogen-bond acceptors (Lipinski definition) is 9. The van der Waals surface area contributed by atoms with E-state index >= 15 is 0 Å². The van der Waals surface area contributed by atoms with Crippen LogP contribution in [0.4, 0.5) is 5.95 Å². The molecule has 0 spiro atoms. The Labute approximate surface area is 208 Å². The van der Waals surface area contributed by atoms with Gasteiger partial charge < -0.3 is 18.9 Å². The first-order valence-corrected chi connectivity index (χ1v) is 12.1. The predicted molar refractivity (Wildman–Crippen MR) is 129 cm³/mol. The SMILES string of the molecule is COC(=O)CC1CCN(Cc2cc(Cl)nc(Oc3cnc(N4CCn5cncc5C4)nc3)c2)CC1. The molecule has 0 N–H and O–H groups in total. The van der Waals surface area contributed by atoms with E-state index < -0.39 is 0 Å². The van der Waals surface area contributed by atoms with Crippen molar-refractivity contribution in [3.05, 3.63) is 53.5 Å². The number of esters is 1. The number of rotatable bonds is 7. The van der Waals surface area contributed by atoms with Crippen LogP contribution in [-0.4, -0.2) is 62.1 Å². The average molecular weight is 498 g/mol. The van der Waals surface area contributed by atoms with Gasteiger partial charge in [0.25, 0.3) is 0 Å². The minimum absolute atomic E-state index is 0.133. The van der Waals surface area contributed by atoms with Gasteiger partial charge >= 0.3 is 5.97 Å². The lowest BCUT2D eigenvalue weighted by atomic mass is 9.93. The number of pyridine rings is 1. The van der Waals surface area contributed by atoms with Gasteiger partial charge in [0.15, 0.2) is 5.75 Å². The molecule has 10 nitrogen and oxygen atoms in total. The maximum atomic E-state index is 11.5. The molecule has 0 amide bonds. The summed E-state index contributed by atoms with van der Waals surface area (Å²) in [7, 11) is 1.44. The highest BCUT2D eigenvalue weighted by Gasteiger charge is 2.22. The molecule has 0 atom stereocenters. The Morgan fingerprint density at radius 2 is 1.91 bits per heavy atom. The van der Waals surface area contributed by atoms with Crippen LogP contribution in [0.5, 0.6) is 11.6 Å². The second-order valence-electron chi connectivity index (χ2n) is 8.96. The molecule has 0 unspecified atom stereocenters. The second kappa shape index (κ2) is 10.6. The Morgan fingerprint density at radius 1 is 1.11 bits per heavy atom. The molecule has 1 fully saturated rings. The van der Waals surface area contributed by atoms with Crippen molar-refractivity contribution >= 4 is 23.5 Å². The van der Waals surface area contributed by atoms with Gasteiger partial charge in [0.05, 0.1) is 38.1 Å². The summed E-state index contributed by atoms with van der Waals surface area (Å²) in [5.41, 5.74) is 2.16. The number of carbonyl (C=O) groups is 1. The van der Waals surface area contributed by atoms with Crippen LogP contribution in [-0.2, 0) is 29.2 Å². The number of nitrogens with zero attached hydrogens (tertiary/aromatic N) is 7. The van der Waals surface area contributed by atoms with Gasteiger partial charge in [-0.2, -0.15) is 0 Å². The number of aromatic nitrogens is 5. The highest BCUT2D eigenvalue weighted by Crippen LogP contribution is 2.26. The third-order valence-electron chi connectivity index (χ3n) is 6.51. The van der Waals surface area contributed by atoms with Gasteiger partial charge in [-0.05, 0) is 43.5 Å². The Hall–Kier alpha value is -3.24. The lowest BCUT2D eigenvalue weighted by molar-refractivity contribution is -0.142. The highest BCUT2D eigenvalue weighted by molar-refractivity contribution is 6.29. The third kappa shape index (κ3) is 5.88. The van der Waals surface area contributed by atoms with E-state index in [0.717, 1.165) is 63.4 Å². The molecule has 5 rings (SSSR count). The van der Waals surface area contributed by atoms with Crippen LogP contribution in [0, 0.1) is 5.92 Å². The first kappa shape index (κ1) is 23.5. The van der Waals surface area contributed by atoms with Gasteiger partial charge in [0.1, 0.15) is 5.15 Å². The normalized spacial score (nSPS) is 16.7. The largest absolute Gasteiger partial charge is 0.469 e. The molecule has 2 aliphatic rings. The van der Waals surface area contributed by atoms with Crippen molar-refractivity contribution in [2.75, 3.05) is 31.6 Å². The molecular weight excluding hydrogens is 470 g/mol. The van der Waals surface area contributed by atoms with Crippen molar-refractivity contribution in [3.8, 4) is 11.6 Å². The minimum Gasteiger partial charge on any atom is -0.469 e. The first-order valence-electron chi connectivity index (χ1n) is 11.7. The zero-order valence-electron chi connectivity index (χ0n) is 19.6. The molecule has 3 aromatic heterocycles. The Balaban J connectivity index is 1.18. The van der Waals surface area contributed by atoms with Crippen molar-refractivity contribution in [1.82, 2.24) is 29.4 Å². The van der Waals surface area contributed by atoms with Crippen molar-refractivity contribution in [2.24, 2.45) is 5.92 Å². The Kier molecular flexibility index (Phi) is 7.10. The van der Waals surface area contributed by atoms with Gasteiger partial charge in [-0.15, -0.1) is 0 Å². The number of methoxy groups -OCH3 is 1. The zero-order valence-corrected chi connectivity index (χ0v) is 20.4. The van der Waals surface area contributed by atoms with Crippen LogP contribution >= 0.6 is 11.6 Å². The maximum absolute atomic E-state index is 11.5. The van der Waals surface area contributed by atoms with Crippen LogP contribution in [0.15, 0.2) is 37.1 Å². The molecule has 1 saturated heterocycles. The summed E-state index contributed by atoms with van der Waals surface area (Å²) >= 11 is 6.28. The molecule has 0 bridgehead atoms. The summed E-state index contributed by atoms with van der Waals surface area (Å²) in [6.07, 6.45) is 9.47. The number of fused-ring (bicyclic) bond motifs is 1. The van der Waals surface area contributed by atoms with Crippen molar-refractivity contribution < 1.29 is 14.3 Å². The Morgan fingerprint density at radius 3 is 2.69 bits per heavy atom. The van der Waals surface area contributed by atoms with Crippen molar-refractivity contribution in [1.29, 1.82) is 0 Å². The smallest absolute Gasteiger partial charge is 0.305 e. The van der Waals surface area contributed by atoms with Crippen molar-refractivity contribution in [2.45, 2.75) is 38.9 Å². The molecule has 184 valence electrons. The highest BCUT2D eigenvalue weighted by atomic mass is 35.5. The van der Waals surface area contributed by atoms with Gasteiger partial charge in [0.2, 0.25) is 11.8 Å². The standard InChI is InChI=1S/C24H28ClN7O3/c1-34-23(33)10-17-2-4-30(5-3-17)14-18-8-21(25)29-22(9-18)35-20-12-27-24(28-13-20)31-6-7-32-16-26-11-19(32)15-31/h8-9,11-13,16-17H,2-7,10,14-15H2,1H3. The summed E-state index contributed by atoms with van der Waals surface area (Å²) in [5.74, 6) is 1.81. The summed E-state index contributed by atoms with van der Waals surface area (Å²) in [5, 5.41) is 0.376. The molecule has 35 heavy (non-hydrogen) atoms. The van der Waals surface area contributed by atoms with E-state index in [1.807, 2.05) is 24.7 Å². The molecule has 0 aliphatic carbocycles. The third-order valence-corrected chi connectivity index (χ3v) is 6.70. The predicted octanol–water partition coefficient (Wildman–Crippen LogP) is 3.31. The van der Waals surface area contributed by atoms with Crippen LogP contribution in [0.3, 0.4) is 0 Å². The van der Waals surface area contributed by atoms with E-state index in [0.29, 0.717) is 35.1 Å². The number of ether oxygens (including phenoxy) is 2. The summed E-state index contributed by atoms with van der Waals surface area (Å²) in [6.45, 7) is 4.98. The lowest BCUT2D eigenvalue weighted by Gasteiger charge is -2.31. The molecular formula is C24H28ClN7O3. The van der Waals surface area contributed by atoms with Gasteiger partial charge in [-0.1, -0.05) is 11.6 Å². The fourth-order valence-electron chi connectivity index (χ4n) is 4.59. The number of piperidine rings is 1. The van der Waals surface area contributed by atoms with Crippen LogP contribution in [0.2, 0.25) is 5.15 Å². The number of likely N-dealkylation sites (tertiary alicyclic amines) is 1. The minimum atomic E-state index is -0.133. The topological polar surface area (TPSA) is 98.5 Å². The monoisotopic (exact) mass is 497 g/mol. The van der Waals surface area contributed by atoms with E-state index in [-0.39, 0.29) is 5.97 Å². The van der Waals surface area contributed by atoms with E-state index in [1.54, 1.807) is 12.4 Å². The summed E-state index contributed by atoms with van der Waals surface area (Å²) < 4.78 is 12.9. The zero-order chi connectivity index (χ0) is 24.2. The molecule has 11 heteroatoms. The number of carbonyl (C=O) groups excluding carboxylic acids is 1. The maximum Gasteiger partial charge on any atom is 0.305 e. The second-order valence-corrected chi connectivity index (χ2v) is 9.34. The summed E-state index contributed by atoms with van der Waals surface area (Å²) in [4.78, 5) is 33.5. The molecule has 3 aromatic rings. The number of hydrogen-bond donors (Lipinski definition) is 0. The quantitative estimate of drug-likeness (QED) is 0.359. The van der Waals surface area contributed by atoms with E-state index in [9.17, 15) is 4.79 Å². The number of halogens is 1. The molecule has 5 heterocycles. The van der Waals surface area contributed by atoms with Gasteiger partial charge in [0, 0.05) is 38.3 Å². The number of anilines is 1. The van der Waals surface area contributed by atoms with Crippen LogP contribution in [0.1, 0.15) is 30.5 Å².